The molecule has 26 heavy (non-hydrogen) atoms. The molecule has 0 aliphatic carbocycles. The predicted molar refractivity (Wildman–Crippen MR) is 99.5 cm³/mol. The second-order valence-corrected chi connectivity index (χ2v) is 7.33. The minimum atomic E-state index is -0.0387. The lowest BCUT2D eigenvalue weighted by Gasteiger charge is -2.27. The van der Waals surface area contributed by atoms with Crippen molar-refractivity contribution in [3.05, 3.63) is 35.4 Å². The van der Waals surface area contributed by atoms with Gasteiger partial charge in [-0.3, -0.25) is 4.79 Å². The van der Waals surface area contributed by atoms with Crippen LogP contribution in [0, 0.1) is 5.92 Å². The molecule has 3 rings (SSSR count). The molecule has 6 nitrogen and oxygen atoms in total. The van der Waals surface area contributed by atoms with E-state index in [2.05, 4.69) is 5.32 Å². The fourth-order valence-electron chi connectivity index (χ4n) is 3.57. The van der Waals surface area contributed by atoms with E-state index in [9.17, 15) is 9.59 Å². The van der Waals surface area contributed by atoms with E-state index in [1.54, 1.807) is 4.90 Å². The number of carbonyl (C=O) groups is 2. The number of hydrogen-bond donors (Lipinski definition) is 1. The summed E-state index contributed by atoms with van der Waals surface area (Å²) in [4.78, 5) is 27.6. The number of carbonyl (C=O) groups excluding carboxylic acids is 2. The Labute approximate surface area is 155 Å². The molecule has 2 fully saturated rings. The number of hydrogen-bond acceptors (Lipinski definition) is 3. The van der Waals surface area contributed by atoms with E-state index in [1.165, 1.54) is 0 Å². The summed E-state index contributed by atoms with van der Waals surface area (Å²) < 4.78 is 5.36. The Hall–Kier alpha value is -2.08. The van der Waals surface area contributed by atoms with Crippen LogP contribution in [0.15, 0.2) is 24.3 Å². The van der Waals surface area contributed by atoms with E-state index >= 15 is 0 Å². The van der Waals surface area contributed by atoms with Crippen LogP contribution in [0.1, 0.15) is 36.8 Å². The van der Waals surface area contributed by atoms with Gasteiger partial charge in [-0.15, -0.1) is 0 Å². The quantitative estimate of drug-likeness (QED) is 0.848. The van der Waals surface area contributed by atoms with Crippen molar-refractivity contribution in [3.63, 3.8) is 0 Å². The highest BCUT2D eigenvalue weighted by Crippen LogP contribution is 2.16. The van der Waals surface area contributed by atoms with E-state index in [1.807, 2.05) is 36.2 Å². The summed E-state index contributed by atoms with van der Waals surface area (Å²) in [6.07, 6.45) is 3.69. The minimum absolute atomic E-state index is 0.0387. The zero-order valence-corrected chi connectivity index (χ0v) is 15.6. The third kappa shape index (κ3) is 5.21. The van der Waals surface area contributed by atoms with Gasteiger partial charge in [0.25, 0.3) is 0 Å². The Morgan fingerprint density at radius 2 is 1.92 bits per heavy atom. The average molecular weight is 359 g/mol. The first-order valence-electron chi connectivity index (χ1n) is 9.54. The molecule has 0 radical (unpaired) electrons. The zero-order valence-electron chi connectivity index (χ0n) is 15.6. The molecule has 2 aliphatic rings. The van der Waals surface area contributed by atoms with Crippen molar-refractivity contribution in [1.29, 1.82) is 0 Å². The monoisotopic (exact) mass is 359 g/mol. The molecule has 142 valence electrons. The summed E-state index contributed by atoms with van der Waals surface area (Å²) in [6.45, 7) is 4.43. The third-order valence-electron chi connectivity index (χ3n) is 5.23. The van der Waals surface area contributed by atoms with Gasteiger partial charge in [0.2, 0.25) is 5.91 Å². The van der Waals surface area contributed by atoms with Gasteiger partial charge in [-0.25, -0.2) is 4.79 Å². The lowest BCUT2D eigenvalue weighted by molar-refractivity contribution is -0.128. The van der Waals surface area contributed by atoms with Gasteiger partial charge in [-0.1, -0.05) is 24.3 Å². The standard InChI is InChI=1S/C20H29N3O3/c1-22(14-18-8-11-26-12-9-18)20(25)21-13-16-4-6-17(7-5-16)15-23-10-2-3-19(23)24/h4-7,18H,2-3,8-15H2,1H3,(H,21,25). The second-order valence-electron chi connectivity index (χ2n) is 7.33. The predicted octanol–water partition coefficient (Wildman–Crippen LogP) is 2.38. The van der Waals surface area contributed by atoms with Gasteiger partial charge < -0.3 is 19.9 Å². The fraction of sp³-hybridized carbons (Fsp3) is 0.600. The van der Waals surface area contributed by atoms with Crippen molar-refractivity contribution in [2.75, 3.05) is 33.4 Å². The van der Waals surface area contributed by atoms with Crippen LogP contribution < -0.4 is 5.32 Å². The number of nitrogens with zero attached hydrogens (tertiary/aromatic N) is 2. The van der Waals surface area contributed by atoms with Crippen LogP contribution in [0.2, 0.25) is 0 Å². The Bertz CT molecular complexity index is 611. The molecular weight excluding hydrogens is 330 g/mol. The Kier molecular flexibility index (Phi) is 6.50. The van der Waals surface area contributed by atoms with Crippen molar-refractivity contribution in [3.8, 4) is 0 Å². The number of ether oxygens (including phenoxy) is 1. The van der Waals surface area contributed by atoms with Gasteiger partial charge >= 0.3 is 6.03 Å². The molecule has 2 aliphatic heterocycles. The number of benzene rings is 1. The summed E-state index contributed by atoms with van der Waals surface area (Å²) in [5, 5.41) is 2.98. The largest absolute Gasteiger partial charge is 0.381 e. The van der Waals surface area contributed by atoms with E-state index < -0.39 is 0 Å². The third-order valence-corrected chi connectivity index (χ3v) is 5.23. The molecule has 0 aromatic heterocycles. The van der Waals surface area contributed by atoms with Gasteiger partial charge in [0.05, 0.1) is 0 Å². The maximum Gasteiger partial charge on any atom is 0.317 e. The van der Waals surface area contributed by atoms with Crippen LogP contribution in [0.4, 0.5) is 4.79 Å². The summed E-state index contributed by atoms with van der Waals surface area (Å²) in [5.74, 6) is 0.779. The Morgan fingerprint density at radius 3 is 2.58 bits per heavy atom. The van der Waals surface area contributed by atoms with Crippen LogP contribution >= 0.6 is 0 Å². The SMILES string of the molecule is CN(CC1CCOCC1)C(=O)NCc1ccc(CN2CCCC2=O)cc1. The Morgan fingerprint density at radius 1 is 1.23 bits per heavy atom. The summed E-state index contributed by atoms with van der Waals surface area (Å²) >= 11 is 0. The summed E-state index contributed by atoms with van der Waals surface area (Å²) in [7, 11) is 1.85. The molecule has 3 amide bonds. The highest BCUT2D eigenvalue weighted by atomic mass is 16.5. The highest BCUT2D eigenvalue weighted by Gasteiger charge is 2.20. The number of amides is 3. The van der Waals surface area contributed by atoms with Crippen molar-refractivity contribution < 1.29 is 14.3 Å². The molecule has 1 N–H and O–H groups in total. The second kappa shape index (κ2) is 9.03. The molecule has 0 unspecified atom stereocenters. The lowest BCUT2D eigenvalue weighted by atomic mass is 10.00. The number of rotatable bonds is 6. The number of urea groups is 1. The molecule has 2 heterocycles. The molecule has 6 heteroatoms. The van der Waals surface area contributed by atoms with Gasteiger partial charge in [0.15, 0.2) is 0 Å². The maximum atomic E-state index is 12.3. The first-order chi connectivity index (χ1) is 12.6. The highest BCUT2D eigenvalue weighted by molar-refractivity contribution is 5.78. The zero-order chi connectivity index (χ0) is 18.4. The van der Waals surface area contributed by atoms with E-state index in [0.29, 0.717) is 25.4 Å². The van der Waals surface area contributed by atoms with Gasteiger partial charge in [-0.05, 0) is 36.3 Å². The first kappa shape index (κ1) is 18.7. The molecule has 2 saturated heterocycles. The van der Waals surface area contributed by atoms with Crippen LogP contribution in [-0.2, 0) is 22.6 Å². The molecule has 1 aromatic carbocycles. The summed E-state index contributed by atoms with van der Waals surface area (Å²) in [6, 6.07) is 8.09. The topological polar surface area (TPSA) is 61.9 Å². The minimum Gasteiger partial charge on any atom is -0.381 e. The molecule has 1 aromatic rings. The summed E-state index contributed by atoms with van der Waals surface area (Å²) in [5.41, 5.74) is 2.20. The van der Waals surface area contributed by atoms with E-state index in [4.69, 9.17) is 4.74 Å². The van der Waals surface area contributed by atoms with Crippen molar-refractivity contribution in [1.82, 2.24) is 15.1 Å². The maximum absolute atomic E-state index is 12.3. The van der Waals surface area contributed by atoms with Crippen LogP contribution in [-0.4, -0.2) is 55.1 Å². The Balaban J connectivity index is 1.42. The van der Waals surface area contributed by atoms with E-state index in [-0.39, 0.29) is 11.9 Å². The fourth-order valence-corrected chi connectivity index (χ4v) is 3.57. The first-order valence-corrected chi connectivity index (χ1v) is 9.54. The van der Waals surface area contributed by atoms with Crippen molar-refractivity contribution in [2.24, 2.45) is 5.92 Å². The van der Waals surface area contributed by atoms with Crippen LogP contribution in [0.25, 0.3) is 0 Å². The molecule has 0 bridgehead atoms. The van der Waals surface area contributed by atoms with Crippen LogP contribution in [0.5, 0.6) is 0 Å². The van der Waals surface area contributed by atoms with Crippen molar-refractivity contribution >= 4 is 11.9 Å². The van der Waals surface area contributed by atoms with Gasteiger partial charge in [0.1, 0.15) is 0 Å². The molecule has 0 atom stereocenters. The van der Waals surface area contributed by atoms with Crippen molar-refractivity contribution in [2.45, 2.75) is 38.8 Å². The normalized spacial score (nSPS) is 18.2. The average Bonchev–Trinajstić information content (AvgIpc) is 3.06. The number of nitrogens with one attached hydrogen (secondary N) is 1. The van der Waals surface area contributed by atoms with Crippen LogP contribution in [0.3, 0.4) is 0 Å². The molecular formula is C20H29N3O3. The molecule has 0 spiro atoms. The van der Waals surface area contributed by atoms with Gasteiger partial charge in [0, 0.05) is 52.9 Å². The number of likely N-dealkylation sites (tertiary alicyclic amines) is 1. The van der Waals surface area contributed by atoms with Gasteiger partial charge in [-0.2, -0.15) is 0 Å². The lowest BCUT2D eigenvalue weighted by Crippen LogP contribution is -2.40. The van der Waals surface area contributed by atoms with E-state index in [0.717, 1.165) is 56.7 Å². The molecule has 0 saturated carbocycles. The smallest absolute Gasteiger partial charge is 0.317 e.